The molecule has 2 nitrogen and oxygen atoms in total. The number of hydrogen-bond donors (Lipinski definition) is 2. The SMILES string of the molecule is N[C@@H](c1ccc(F)c(Br)c1)[C@H](O)Cc1ccccc1. The molecule has 0 unspecified atom stereocenters. The monoisotopic (exact) mass is 323 g/mol. The number of aliphatic hydroxyl groups is 1. The van der Waals surface area contributed by atoms with E-state index in [1.165, 1.54) is 6.07 Å². The fraction of sp³-hybridized carbons (Fsp3) is 0.200. The average molecular weight is 324 g/mol. The van der Waals surface area contributed by atoms with E-state index in [4.69, 9.17) is 5.73 Å². The fourth-order valence-electron chi connectivity index (χ4n) is 1.92. The van der Waals surface area contributed by atoms with Crippen molar-refractivity contribution in [3.05, 3.63) is 69.9 Å². The van der Waals surface area contributed by atoms with Crippen LogP contribution in [0.3, 0.4) is 0 Å². The van der Waals surface area contributed by atoms with E-state index < -0.39 is 12.1 Å². The Labute approximate surface area is 120 Å². The van der Waals surface area contributed by atoms with Crippen LogP contribution >= 0.6 is 15.9 Å². The first-order chi connectivity index (χ1) is 9.08. The van der Waals surface area contributed by atoms with Gasteiger partial charge in [-0.05, 0) is 39.2 Å². The van der Waals surface area contributed by atoms with Crippen molar-refractivity contribution < 1.29 is 9.50 Å². The fourth-order valence-corrected chi connectivity index (χ4v) is 2.32. The molecule has 2 rings (SSSR count). The molecule has 0 aliphatic carbocycles. The Kier molecular flexibility index (Phi) is 4.69. The molecule has 0 spiro atoms. The van der Waals surface area contributed by atoms with Crippen molar-refractivity contribution in [1.29, 1.82) is 0 Å². The van der Waals surface area contributed by atoms with E-state index in [1.54, 1.807) is 12.1 Å². The summed E-state index contributed by atoms with van der Waals surface area (Å²) in [5.74, 6) is -0.339. The molecular formula is C15H15BrFNO. The summed E-state index contributed by atoms with van der Waals surface area (Å²) in [4.78, 5) is 0. The molecule has 100 valence electrons. The summed E-state index contributed by atoms with van der Waals surface area (Å²) in [6.07, 6.45) is -0.239. The van der Waals surface area contributed by atoms with E-state index in [2.05, 4.69) is 15.9 Å². The minimum atomic E-state index is -0.709. The minimum Gasteiger partial charge on any atom is -0.391 e. The lowest BCUT2D eigenvalue weighted by Crippen LogP contribution is -2.28. The molecule has 0 fully saturated rings. The van der Waals surface area contributed by atoms with Gasteiger partial charge in [-0.2, -0.15) is 0 Å². The third-order valence-corrected chi connectivity index (χ3v) is 3.64. The van der Waals surface area contributed by atoms with E-state index >= 15 is 0 Å². The number of aliphatic hydroxyl groups excluding tert-OH is 1. The second-order valence-corrected chi connectivity index (χ2v) is 5.31. The first kappa shape index (κ1) is 14.2. The smallest absolute Gasteiger partial charge is 0.137 e. The molecule has 0 aliphatic heterocycles. The molecule has 0 saturated heterocycles. The highest BCUT2D eigenvalue weighted by Gasteiger charge is 2.18. The van der Waals surface area contributed by atoms with E-state index in [0.29, 0.717) is 16.5 Å². The number of rotatable bonds is 4. The third kappa shape index (κ3) is 3.62. The Morgan fingerprint density at radius 3 is 2.47 bits per heavy atom. The van der Waals surface area contributed by atoms with Gasteiger partial charge in [0, 0.05) is 6.42 Å². The van der Waals surface area contributed by atoms with Gasteiger partial charge >= 0.3 is 0 Å². The number of halogens is 2. The molecule has 0 amide bonds. The molecule has 2 aromatic rings. The predicted molar refractivity (Wildman–Crippen MR) is 77.2 cm³/mol. The highest BCUT2D eigenvalue weighted by Crippen LogP contribution is 2.23. The van der Waals surface area contributed by atoms with Gasteiger partial charge < -0.3 is 10.8 Å². The molecule has 0 heterocycles. The summed E-state index contributed by atoms with van der Waals surface area (Å²) in [6.45, 7) is 0. The largest absolute Gasteiger partial charge is 0.391 e. The van der Waals surface area contributed by atoms with Crippen LogP contribution in [0.15, 0.2) is 53.0 Å². The maximum absolute atomic E-state index is 13.2. The molecular weight excluding hydrogens is 309 g/mol. The van der Waals surface area contributed by atoms with Crippen LogP contribution in [0.2, 0.25) is 0 Å². The predicted octanol–water partition coefficient (Wildman–Crippen LogP) is 3.19. The van der Waals surface area contributed by atoms with Crippen molar-refractivity contribution in [2.45, 2.75) is 18.6 Å². The van der Waals surface area contributed by atoms with Crippen LogP contribution in [0.25, 0.3) is 0 Å². The Morgan fingerprint density at radius 2 is 1.84 bits per heavy atom. The molecule has 3 N–H and O–H groups in total. The summed E-state index contributed by atoms with van der Waals surface area (Å²) < 4.78 is 13.5. The zero-order valence-electron chi connectivity index (χ0n) is 10.3. The van der Waals surface area contributed by atoms with Gasteiger partial charge in [0.1, 0.15) is 5.82 Å². The van der Waals surface area contributed by atoms with Gasteiger partial charge in [0.25, 0.3) is 0 Å². The van der Waals surface area contributed by atoms with Gasteiger partial charge in [-0.1, -0.05) is 36.4 Å². The zero-order chi connectivity index (χ0) is 13.8. The Balaban J connectivity index is 2.10. The van der Waals surface area contributed by atoms with Gasteiger partial charge in [-0.3, -0.25) is 0 Å². The van der Waals surface area contributed by atoms with Crippen molar-refractivity contribution >= 4 is 15.9 Å². The van der Waals surface area contributed by atoms with E-state index in [9.17, 15) is 9.50 Å². The quantitative estimate of drug-likeness (QED) is 0.907. The first-order valence-corrected chi connectivity index (χ1v) is 6.80. The van der Waals surface area contributed by atoms with E-state index in [0.717, 1.165) is 5.56 Å². The molecule has 0 radical (unpaired) electrons. The third-order valence-electron chi connectivity index (χ3n) is 3.03. The van der Waals surface area contributed by atoms with Crippen molar-refractivity contribution in [1.82, 2.24) is 0 Å². The maximum Gasteiger partial charge on any atom is 0.137 e. The summed E-state index contributed by atoms with van der Waals surface area (Å²) in [5.41, 5.74) is 7.74. The highest BCUT2D eigenvalue weighted by molar-refractivity contribution is 9.10. The van der Waals surface area contributed by atoms with Crippen LogP contribution in [0.1, 0.15) is 17.2 Å². The van der Waals surface area contributed by atoms with Crippen LogP contribution in [-0.4, -0.2) is 11.2 Å². The van der Waals surface area contributed by atoms with Gasteiger partial charge in [-0.15, -0.1) is 0 Å². The average Bonchev–Trinajstić information content (AvgIpc) is 2.42. The molecule has 19 heavy (non-hydrogen) atoms. The lowest BCUT2D eigenvalue weighted by Gasteiger charge is -2.19. The van der Waals surface area contributed by atoms with Gasteiger partial charge in [0.15, 0.2) is 0 Å². The Hall–Kier alpha value is -1.23. The van der Waals surface area contributed by atoms with Crippen molar-refractivity contribution in [3.8, 4) is 0 Å². The standard InChI is InChI=1S/C15H15BrFNO/c16-12-9-11(6-7-13(12)17)15(18)14(19)8-10-4-2-1-3-5-10/h1-7,9,14-15,19H,8,18H2/t14-,15+/m1/s1. The molecule has 0 saturated carbocycles. The van der Waals surface area contributed by atoms with Gasteiger partial charge in [0.2, 0.25) is 0 Å². The van der Waals surface area contributed by atoms with Crippen LogP contribution < -0.4 is 5.73 Å². The Morgan fingerprint density at radius 1 is 1.16 bits per heavy atom. The van der Waals surface area contributed by atoms with Crippen molar-refractivity contribution in [3.63, 3.8) is 0 Å². The lowest BCUT2D eigenvalue weighted by atomic mass is 9.97. The van der Waals surface area contributed by atoms with Crippen LogP contribution in [-0.2, 0) is 6.42 Å². The van der Waals surface area contributed by atoms with Crippen molar-refractivity contribution in [2.24, 2.45) is 5.73 Å². The molecule has 0 bridgehead atoms. The minimum absolute atomic E-state index is 0.339. The summed E-state index contributed by atoms with van der Waals surface area (Å²) in [5, 5.41) is 10.2. The van der Waals surface area contributed by atoms with Gasteiger partial charge in [-0.25, -0.2) is 4.39 Å². The number of nitrogens with two attached hydrogens (primary N) is 1. The highest BCUT2D eigenvalue weighted by atomic mass is 79.9. The molecule has 4 heteroatoms. The molecule has 2 aromatic carbocycles. The zero-order valence-corrected chi connectivity index (χ0v) is 11.8. The maximum atomic E-state index is 13.2. The van der Waals surface area contributed by atoms with Crippen LogP contribution in [0.5, 0.6) is 0 Å². The van der Waals surface area contributed by atoms with E-state index in [1.807, 2.05) is 30.3 Å². The normalized spacial score (nSPS) is 14.1. The summed E-state index contributed by atoms with van der Waals surface area (Å²) >= 11 is 3.12. The lowest BCUT2D eigenvalue weighted by molar-refractivity contribution is 0.145. The second-order valence-electron chi connectivity index (χ2n) is 4.46. The summed E-state index contributed by atoms with van der Waals surface area (Å²) in [6, 6.07) is 13.6. The Bertz CT molecular complexity index is 547. The molecule has 0 aromatic heterocycles. The number of benzene rings is 2. The van der Waals surface area contributed by atoms with Gasteiger partial charge in [0.05, 0.1) is 16.6 Å². The number of hydrogen-bond acceptors (Lipinski definition) is 2. The van der Waals surface area contributed by atoms with Crippen LogP contribution in [0, 0.1) is 5.82 Å². The van der Waals surface area contributed by atoms with E-state index in [-0.39, 0.29) is 5.82 Å². The molecule has 0 aliphatic rings. The topological polar surface area (TPSA) is 46.2 Å². The van der Waals surface area contributed by atoms with Crippen LogP contribution in [0.4, 0.5) is 4.39 Å². The summed E-state index contributed by atoms with van der Waals surface area (Å²) in [7, 11) is 0. The first-order valence-electron chi connectivity index (χ1n) is 6.00. The molecule has 2 atom stereocenters. The van der Waals surface area contributed by atoms with Crippen molar-refractivity contribution in [2.75, 3.05) is 0 Å². The second kappa shape index (κ2) is 6.28.